The SMILES string of the molecule is C=C1C=CSNC(C)=C1. The van der Waals surface area contributed by atoms with Crippen molar-refractivity contribution in [2.24, 2.45) is 0 Å². The average molecular weight is 139 g/mol. The lowest BCUT2D eigenvalue weighted by Crippen LogP contribution is -1.95. The van der Waals surface area contributed by atoms with Gasteiger partial charge in [0.15, 0.2) is 0 Å². The van der Waals surface area contributed by atoms with Gasteiger partial charge in [-0.3, -0.25) is 0 Å². The molecule has 48 valence electrons. The third kappa shape index (κ3) is 1.98. The predicted molar refractivity (Wildman–Crippen MR) is 42.8 cm³/mol. The van der Waals surface area contributed by atoms with Gasteiger partial charge in [0.1, 0.15) is 0 Å². The van der Waals surface area contributed by atoms with Crippen LogP contribution >= 0.6 is 11.9 Å². The minimum Gasteiger partial charge on any atom is -0.330 e. The Hall–Kier alpha value is -0.630. The third-order valence-corrected chi connectivity index (χ3v) is 1.68. The van der Waals surface area contributed by atoms with Gasteiger partial charge in [0.25, 0.3) is 0 Å². The van der Waals surface area contributed by atoms with Crippen molar-refractivity contribution < 1.29 is 0 Å². The molecule has 0 aliphatic carbocycles. The molecule has 1 aliphatic heterocycles. The van der Waals surface area contributed by atoms with Crippen molar-refractivity contribution in [2.45, 2.75) is 6.92 Å². The van der Waals surface area contributed by atoms with Gasteiger partial charge in [0.2, 0.25) is 0 Å². The molecule has 0 aromatic heterocycles. The van der Waals surface area contributed by atoms with Crippen LogP contribution in [0, 0.1) is 0 Å². The van der Waals surface area contributed by atoms with Crippen LogP contribution in [-0.4, -0.2) is 0 Å². The lowest BCUT2D eigenvalue weighted by Gasteiger charge is -1.96. The van der Waals surface area contributed by atoms with Crippen LogP contribution in [0.3, 0.4) is 0 Å². The molecule has 0 bridgehead atoms. The molecule has 0 atom stereocenters. The van der Waals surface area contributed by atoms with E-state index in [1.54, 1.807) is 11.9 Å². The second kappa shape index (κ2) is 2.78. The minimum atomic E-state index is 1.05. The predicted octanol–water partition coefficient (Wildman–Crippen LogP) is 2.21. The molecular formula is C7H9NS. The molecular weight excluding hydrogens is 130 g/mol. The lowest BCUT2D eigenvalue weighted by atomic mass is 10.2. The van der Waals surface area contributed by atoms with E-state index in [0.717, 1.165) is 11.3 Å². The van der Waals surface area contributed by atoms with Gasteiger partial charge in [0.05, 0.1) is 0 Å². The van der Waals surface area contributed by atoms with E-state index in [-0.39, 0.29) is 0 Å². The van der Waals surface area contributed by atoms with Crippen molar-refractivity contribution in [2.75, 3.05) is 0 Å². The largest absolute Gasteiger partial charge is 0.330 e. The number of hydrogen-bond acceptors (Lipinski definition) is 2. The number of allylic oxidation sites excluding steroid dienone is 4. The van der Waals surface area contributed by atoms with Gasteiger partial charge in [-0.1, -0.05) is 6.58 Å². The van der Waals surface area contributed by atoms with Gasteiger partial charge < -0.3 is 4.72 Å². The molecule has 0 fully saturated rings. The maximum atomic E-state index is 3.81. The van der Waals surface area contributed by atoms with Gasteiger partial charge in [-0.15, -0.1) is 0 Å². The van der Waals surface area contributed by atoms with Crippen LogP contribution in [0.4, 0.5) is 0 Å². The Morgan fingerprint density at radius 3 is 3.22 bits per heavy atom. The summed E-state index contributed by atoms with van der Waals surface area (Å²) in [7, 11) is 0. The van der Waals surface area contributed by atoms with E-state index < -0.39 is 0 Å². The summed E-state index contributed by atoms with van der Waals surface area (Å²) in [6.45, 7) is 5.83. The highest BCUT2D eigenvalue weighted by atomic mass is 32.2. The molecule has 0 aromatic carbocycles. The molecule has 1 aliphatic rings. The van der Waals surface area contributed by atoms with E-state index in [2.05, 4.69) is 11.3 Å². The smallest absolute Gasteiger partial charge is 0.0188 e. The summed E-state index contributed by atoms with van der Waals surface area (Å²) < 4.78 is 3.10. The highest BCUT2D eigenvalue weighted by molar-refractivity contribution is 8.00. The Kier molecular flexibility index (Phi) is 2.01. The molecule has 0 radical (unpaired) electrons. The highest BCUT2D eigenvalue weighted by Gasteiger charge is 1.91. The second-order valence-electron chi connectivity index (χ2n) is 1.92. The van der Waals surface area contributed by atoms with Crippen molar-refractivity contribution in [3.8, 4) is 0 Å². The highest BCUT2D eigenvalue weighted by Crippen LogP contribution is 2.10. The summed E-state index contributed by atoms with van der Waals surface area (Å²) in [5, 5.41) is 1.98. The molecule has 2 heteroatoms. The first-order chi connectivity index (χ1) is 4.29. The maximum absolute atomic E-state index is 3.81. The van der Waals surface area contributed by atoms with Crippen LogP contribution < -0.4 is 4.72 Å². The fourth-order valence-electron chi connectivity index (χ4n) is 0.604. The summed E-state index contributed by atoms with van der Waals surface area (Å²) in [6, 6.07) is 0. The normalized spacial score (nSPS) is 18.3. The van der Waals surface area contributed by atoms with Crippen LogP contribution in [0.15, 0.2) is 35.4 Å². The van der Waals surface area contributed by atoms with E-state index in [9.17, 15) is 0 Å². The fraction of sp³-hybridized carbons (Fsp3) is 0.143. The first kappa shape index (κ1) is 6.49. The molecule has 1 nitrogen and oxygen atoms in total. The monoisotopic (exact) mass is 139 g/mol. The first-order valence-corrected chi connectivity index (χ1v) is 3.62. The molecule has 1 heterocycles. The zero-order valence-corrected chi connectivity index (χ0v) is 6.16. The van der Waals surface area contributed by atoms with Crippen LogP contribution in [0.2, 0.25) is 0 Å². The van der Waals surface area contributed by atoms with Crippen molar-refractivity contribution in [1.29, 1.82) is 0 Å². The van der Waals surface area contributed by atoms with Crippen LogP contribution in [0.1, 0.15) is 6.92 Å². The van der Waals surface area contributed by atoms with E-state index >= 15 is 0 Å². The van der Waals surface area contributed by atoms with Crippen LogP contribution in [-0.2, 0) is 0 Å². The molecule has 0 amide bonds. The quantitative estimate of drug-likeness (QED) is 0.516. The van der Waals surface area contributed by atoms with Gasteiger partial charge in [0, 0.05) is 5.70 Å². The Morgan fingerprint density at radius 2 is 2.44 bits per heavy atom. The topological polar surface area (TPSA) is 12.0 Å². The van der Waals surface area contributed by atoms with Crippen molar-refractivity contribution in [3.63, 3.8) is 0 Å². The summed E-state index contributed by atoms with van der Waals surface area (Å²) in [5.74, 6) is 0. The van der Waals surface area contributed by atoms with Gasteiger partial charge in [-0.05, 0) is 42.0 Å². The molecule has 9 heavy (non-hydrogen) atoms. The summed E-state index contributed by atoms with van der Waals surface area (Å²) in [4.78, 5) is 0. The number of hydrogen-bond donors (Lipinski definition) is 1. The van der Waals surface area contributed by atoms with Crippen LogP contribution in [0.25, 0.3) is 0 Å². The average Bonchev–Trinajstić information content (AvgIpc) is 1.93. The minimum absolute atomic E-state index is 1.05. The van der Waals surface area contributed by atoms with Crippen molar-refractivity contribution >= 4 is 11.9 Å². The Labute approximate surface area is 59.7 Å². The second-order valence-corrected chi connectivity index (χ2v) is 2.64. The molecule has 0 aromatic rings. The molecule has 0 saturated carbocycles. The zero-order valence-electron chi connectivity index (χ0n) is 5.35. The van der Waals surface area contributed by atoms with Gasteiger partial charge in [-0.25, -0.2) is 0 Å². The van der Waals surface area contributed by atoms with Crippen LogP contribution in [0.5, 0.6) is 0 Å². The number of nitrogens with one attached hydrogen (secondary N) is 1. The standard InChI is InChI=1S/C7H9NS/c1-6-3-4-9-8-7(2)5-6/h3-5,8H,1H2,2H3. The fourth-order valence-corrected chi connectivity index (χ4v) is 1.16. The zero-order chi connectivity index (χ0) is 6.69. The summed E-state index contributed by atoms with van der Waals surface area (Å²) >= 11 is 1.57. The van der Waals surface area contributed by atoms with E-state index in [0.29, 0.717) is 0 Å². The summed E-state index contributed by atoms with van der Waals surface area (Å²) in [6.07, 6.45) is 3.99. The maximum Gasteiger partial charge on any atom is 0.0188 e. The van der Waals surface area contributed by atoms with Gasteiger partial charge >= 0.3 is 0 Å². The Morgan fingerprint density at radius 1 is 1.67 bits per heavy atom. The molecule has 0 saturated heterocycles. The van der Waals surface area contributed by atoms with E-state index in [1.165, 1.54) is 0 Å². The van der Waals surface area contributed by atoms with E-state index in [4.69, 9.17) is 0 Å². The molecule has 0 spiro atoms. The molecule has 0 unspecified atom stereocenters. The Balaban J connectivity index is 2.74. The third-order valence-electron chi connectivity index (χ3n) is 0.972. The van der Waals surface area contributed by atoms with Crippen molar-refractivity contribution in [3.05, 3.63) is 35.4 Å². The van der Waals surface area contributed by atoms with Gasteiger partial charge in [-0.2, -0.15) is 0 Å². The summed E-state index contributed by atoms with van der Waals surface area (Å²) in [5.41, 5.74) is 2.19. The number of rotatable bonds is 0. The molecule has 1 rings (SSSR count). The first-order valence-electron chi connectivity index (χ1n) is 2.74. The molecule has 1 N–H and O–H groups in total. The van der Waals surface area contributed by atoms with Crippen molar-refractivity contribution in [1.82, 2.24) is 4.72 Å². The van der Waals surface area contributed by atoms with E-state index in [1.807, 2.05) is 24.5 Å². The lowest BCUT2D eigenvalue weighted by molar-refractivity contribution is 1.21. The Bertz CT molecular complexity index is 179.